The van der Waals surface area contributed by atoms with Gasteiger partial charge in [0, 0.05) is 5.57 Å². The van der Waals surface area contributed by atoms with Crippen molar-refractivity contribution in [3.63, 3.8) is 0 Å². The van der Waals surface area contributed by atoms with E-state index in [0.717, 1.165) is 16.7 Å². The van der Waals surface area contributed by atoms with Gasteiger partial charge < -0.3 is 5.21 Å². The van der Waals surface area contributed by atoms with E-state index in [-0.39, 0.29) is 0 Å². The Morgan fingerprint density at radius 3 is 2.92 bits per heavy atom. The van der Waals surface area contributed by atoms with E-state index < -0.39 is 0 Å². The van der Waals surface area contributed by atoms with E-state index in [2.05, 4.69) is 6.58 Å². The fourth-order valence-electron chi connectivity index (χ4n) is 0.936. The SMILES string of the molecule is C=C/C=[N+]([O-])\C=C1\C=CC=CC1. The van der Waals surface area contributed by atoms with Crippen LogP contribution in [0.25, 0.3) is 0 Å². The Bertz CT molecular complexity index is 282. The lowest BCUT2D eigenvalue weighted by Crippen LogP contribution is -1.95. The number of hydroxylamine groups is 1. The third kappa shape index (κ3) is 2.58. The highest BCUT2D eigenvalue weighted by Gasteiger charge is 1.95. The van der Waals surface area contributed by atoms with Crippen molar-refractivity contribution in [3.05, 3.63) is 53.9 Å². The summed E-state index contributed by atoms with van der Waals surface area (Å²) >= 11 is 0. The molecule has 0 aromatic carbocycles. The highest BCUT2D eigenvalue weighted by atomic mass is 16.5. The Kier molecular flexibility index (Phi) is 3.08. The van der Waals surface area contributed by atoms with Gasteiger partial charge in [0.15, 0.2) is 12.4 Å². The second kappa shape index (κ2) is 4.34. The summed E-state index contributed by atoms with van der Waals surface area (Å²) in [6.07, 6.45) is 13.0. The van der Waals surface area contributed by atoms with Crippen LogP contribution >= 0.6 is 0 Å². The van der Waals surface area contributed by atoms with Crippen LogP contribution in [0.1, 0.15) is 6.42 Å². The quantitative estimate of drug-likeness (QED) is 0.264. The van der Waals surface area contributed by atoms with Crippen molar-refractivity contribution < 1.29 is 4.74 Å². The Morgan fingerprint density at radius 2 is 2.33 bits per heavy atom. The van der Waals surface area contributed by atoms with Gasteiger partial charge in [0.25, 0.3) is 0 Å². The van der Waals surface area contributed by atoms with E-state index in [1.165, 1.54) is 12.3 Å². The Labute approximate surface area is 72.1 Å². The van der Waals surface area contributed by atoms with Gasteiger partial charge >= 0.3 is 0 Å². The van der Waals surface area contributed by atoms with Gasteiger partial charge in [-0.2, -0.15) is 4.74 Å². The minimum absolute atomic E-state index is 0.756. The predicted octanol–water partition coefficient (Wildman–Crippen LogP) is 2.15. The zero-order valence-corrected chi connectivity index (χ0v) is 6.81. The van der Waals surface area contributed by atoms with Crippen molar-refractivity contribution in [3.8, 4) is 0 Å². The van der Waals surface area contributed by atoms with Crippen LogP contribution in [0.2, 0.25) is 0 Å². The third-order valence-corrected chi connectivity index (χ3v) is 1.46. The van der Waals surface area contributed by atoms with Crippen molar-refractivity contribution in [2.45, 2.75) is 6.42 Å². The van der Waals surface area contributed by atoms with Gasteiger partial charge in [-0.15, -0.1) is 0 Å². The summed E-state index contributed by atoms with van der Waals surface area (Å²) in [4.78, 5) is 0. The molecule has 0 aromatic rings. The van der Waals surface area contributed by atoms with Crippen molar-refractivity contribution in [1.29, 1.82) is 0 Å². The summed E-state index contributed by atoms with van der Waals surface area (Å²) in [5.41, 5.74) is 1.01. The zero-order valence-electron chi connectivity index (χ0n) is 6.81. The summed E-state index contributed by atoms with van der Waals surface area (Å²) in [7, 11) is 0. The molecule has 0 atom stereocenters. The van der Waals surface area contributed by atoms with Crippen LogP contribution in [-0.2, 0) is 0 Å². The van der Waals surface area contributed by atoms with Gasteiger partial charge in [0.2, 0.25) is 0 Å². The van der Waals surface area contributed by atoms with E-state index in [1.807, 2.05) is 24.3 Å². The van der Waals surface area contributed by atoms with E-state index in [4.69, 9.17) is 0 Å². The molecule has 0 radical (unpaired) electrons. The van der Waals surface area contributed by atoms with Crippen molar-refractivity contribution in [1.82, 2.24) is 0 Å². The summed E-state index contributed by atoms with van der Waals surface area (Å²) in [6.45, 7) is 3.44. The maximum atomic E-state index is 11.0. The highest BCUT2D eigenvalue weighted by Crippen LogP contribution is 2.08. The minimum Gasteiger partial charge on any atom is -0.619 e. The lowest BCUT2D eigenvalue weighted by atomic mass is 10.1. The Balaban J connectivity index is 2.69. The van der Waals surface area contributed by atoms with Crippen LogP contribution in [0.4, 0.5) is 0 Å². The normalized spacial score (nSPS) is 20.0. The molecular weight excluding hydrogens is 150 g/mol. The minimum atomic E-state index is 0.756. The average molecular weight is 161 g/mol. The third-order valence-electron chi connectivity index (χ3n) is 1.46. The molecule has 0 aliphatic heterocycles. The van der Waals surface area contributed by atoms with Gasteiger partial charge in [0.05, 0.1) is 0 Å². The first-order valence-corrected chi connectivity index (χ1v) is 3.78. The molecular formula is C10H11NO. The fourth-order valence-corrected chi connectivity index (χ4v) is 0.936. The molecule has 1 rings (SSSR count). The molecule has 0 N–H and O–H groups in total. The molecule has 1 aliphatic carbocycles. The van der Waals surface area contributed by atoms with Crippen LogP contribution in [0, 0.1) is 5.21 Å². The molecule has 2 heteroatoms. The molecule has 0 fully saturated rings. The molecule has 0 spiro atoms. The lowest BCUT2D eigenvalue weighted by molar-refractivity contribution is -0.372. The Morgan fingerprint density at radius 1 is 1.50 bits per heavy atom. The lowest BCUT2D eigenvalue weighted by Gasteiger charge is -2.00. The summed E-state index contributed by atoms with van der Waals surface area (Å²) in [5.74, 6) is 0. The number of allylic oxidation sites excluding steroid dienone is 6. The number of hydrogen-bond acceptors (Lipinski definition) is 1. The topological polar surface area (TPSA) is 26.1 Å². The van der Waals surface area contributed by atoms with Gasteiger partial charge in [-0.05, 0) is 12.5 Å². The van der Waals surface area contributed by atoms with Gasteiger partial charge in [-0.3, -0.25) is 0 Å². The number of nitrogens with zero attached hydrogens (tertiary/aromatic N) is 1. The van der Waals surface area contributed by atoms with E-state index in [1.54, 1.807) is 6.20 Å². The van der Waals surface area contributed by atoms with E-state index in [0.29, 0.717) is 0 Å². The van der Waals surface area contributed by atoms with Crippen LogP contribution in [0.15, 0.2) is 48.7 Å². The van der Waals surface area contributed by atoms with Crippen LogP contribution < -0.4 is 0 Å². The second-order valence-corrected chi connectivity index (χ2v) is 2.44. The molecule has 0 unspecified atom stereocenters. The molecule has 0 heterocycles. The maximum absolute atomic E-state index is 11.0. The smallest absolute Gasteiger partial charge is 0.183 e. The average Bonchev–Trinajstić information content (AvgIpc) is 2.06. The number of hydrogen-bond donors (Lipinski definition) is 0. The molecule has 1 aliphatic rings. The molecule has 62 valence electrons. The first-order chi connectivity index (χ1) is 5.83. The summed E-state index contributed by atoms with van der Waals surface area (Å²) in [6, 6.07) is 0. The zero-order chi connectivity index (χ0) is 8.81. The van der Waals surface area contributed by atoms with Gasteiger partial charge in [0.1, 0.15) is 0 Å². The van der Waals surface area contributed by atoms with E-state index >= 15 is 0 Å². The molecule has 0 saturated carbocycles. The molecule has 0 aromatic heterocycles. The highest BCUT2D eigenvalue weighted by molar-refractivity contribution is 5.65. The summed E-state index contributed by atoms with van der Waals surface area (Å²) in [5, 5.41) is 11.0. The first kappa shape index (κ1) is 8.53. The molecule has 0 bridgehead atoms. The van der Waals surface area contributed by atoms with Crippen LogP contribution in [0.5, 0.6) is 0 Å². The molecule has 0 saturated heterocycles. The van der Waals surface area contributed by atoms with Crippen LogP contribution in [0.3, 0.4) is 0 Å². The number of rotatable bonds is 2. The largest absolute Gasteiger partial charge is 0.619 e. The molecule has 2 nitrogen and oxygen atoms in total. The van der Waals surface area contributed by atoms with Gasteiger partial charge in [-0.25, -0.2) is 0 Å². The monoisotopic (exact) mass is 161 g/mol. The second-order valence-electron chi connectivity index (χ2n) is 2.44. The maximum Gasteiger partial charge on any atom is 0.183 e. The van der Waals surface area contributed by atoms with Crippen LogP contribution in [-0.4, -0.2) is 11.0 Å². The summed E-state index contributed by atoms with van der Waals surface area (Å²) < 4.78 is 0.756. The standard InChI is InChI=1S/C10H11NO/c1-2-8-11(12)9-10-6-4-3-5-7-10/h2-6,8-9H,1,7H2/b10-9-,11-8+. The first-order valence-electron chi connectivity index (χ1n) is 3.78. The van der Waals surface area contributed by atoms with Crippen molar-refractivity contribution in [2.75, 3.05) is 0 Å². The van der Waals surface area contributed by atoms with Crippen molar-refractivity contribution >= 4 is 6.21 Å². The fraction of sp³-hybridized carbons (Fsp3) is 0.100. The van der Waals surface area contributed by atoms with E-state index in [9.17, 15) is 5.21 Å². The predicted molar refractivity (Wildman–Crippen MR) is 50.9 cm³/mol. The van der Waals surface area contributed by atoms with Gasteiger partial charge in [-0.1, -0.05) is 30.9 Å². The van der Waals surface area contributed by atoms with Crippen molar-refractivity contribution in [2.24, 2.45) is 0 Å². The molecule has 12 heavy (non-hydrogen) atoms. The molecule has 0 amide bonds. The Hall–Kier alpha value is -1.57.